The van der Waals surface area contributed by atoms with Gasteiger partial charge in [0.2, 0.25) is 0 Å². The van der Waals surface area contributed by atoms with Crippen molar-refractivity contribution in [2.75, 3.05) is 65.9 Å². The summed E-state index contributed by atoms with van der Waals surface area (Å²) in [6, 6.07) is 18.9. The number of carbonyl (C=O) groups excluding carboxylic acids is 4. The van der Waals surface area contributed by atoms with Crippen molar-refractivity contribution in [1.29, 1.82) is 0 Å². The van der Waals surface area contributed by atoms with Crippen LogP contribution in [0.15, 0.2) is 70.5 Å². The zero-order valence-electron chi connectivity index (χ0n) is 30.6. The van der Waals surface area contributed by atoms with Gasteiger partial charge in [-0.3, -0.25) is 14.5 Å². The van der Waals surface area contributed by atoms with E-state index in [9.17, 15) is 19.2 Å². The summed E-state index contributed by atoms with van der Waals surface area (Å²) in [5.41, 5.74) is 7.44. The molecule has 2 aliphatic rings. The number of rotatable bonds is 13. The second-order valence-corrected chi connectivity index (χ2v) is 15.2. The van der Waals surface area contributed by atoms with Crippen molar-refractivity contribution in [2.24, 2.45) is 5.73 Å². The lowest BCUT2D eigenvalue weighted by Crippen LogP contribution is -2.43. The molecule has 0 saturated carbocycles. The molecule has 0 spiro atoms. The molecule has 4 aromatic rings. The summed E-state index contributed by atoms with van der Waals surface area (Å²) in [6.45, 7) is 7.15. The lowest BCUT2D eigenvalue weighted by atomic mass is 9.94. The molecule has 0 aliphatic carbocycles. The molecule has 2 heterocycles. The predicted molar refractivity (Wildman–Crippen MR) is 210 cm³/mol. The molecule has 4 aromatic carbocycles. The van der Waals surface area contributed by atoms with E-state index < -0.39 is 11.9 Å². The van der Waals surface area contributed by atoms with E-state index in [0.717, 1.165) is 81.6 Å². The number of cyclic esters (lactones) is 2. The average Bonchev–Trinajstić information content (AvgIpc) is 3.10. The van der Waals surface area contributed by atoms with Gasteiger partial charge in [-0.2, -0.15) is 0 Å². The van der Waals surface area contributed by atoms with Gasteiger partial charge in [-0.25, -0.2) is 9.59 Å². The third kappa shape index (κ3) is 9.78. The molecule has 0 fully saturated rings. The van der Waals surface area contributed by atoms with Crippen LogP contribution in [0, 0.1) is 0 Å². The highest BCUT2D eigenvalue weighted by atomic mass is 32.2. The molecular formula is C40H50N4O5S2. The number of hydrogen-bond donors (Lipinski definition) is 1. The summed E-state index contributed by atoms with van der Waals surface area (Å²) in [7, 11) is 7.89. The van der Waals surface area contributed by atoms with Gasteiger partial charge in [0.25, 0.3) is 11.8 Å². The minimum atomic E-state index is -0.552. The third-order valence-corrected chi connectivity index (χ3v) is 10.8. The van der Waals surface area contributed by atoms with Gasteiger partial charge < -0.3 is 20.3 Å². The highest BCUT2D eigenvalue weighted by Gasteiger charge is 2.33. The lowest BCUT2D eigenvalue weighted by molar-refractivity contribution is 0.0389. The smallest absolute Gasteiger partial charge is 0.346 e. The quantitative estimate of drug-likeness (QED) is 0.0490. The summed E-state index contributed by atoms with van der Waals surface area (Å²) in [6.07, 6.45) is 4.61. The standard InChI is InChI=1S/C20H24N2O2S.C16H14O3S.C4H12N2/c1-4-5-13-25-17-10-9-16-18-14(17)7-6-8-15(18)19(23)22(20(16)24)12-11-21(2)3;1-2-3-9-20-13-8-7-12-14-10(13)5-4-6-11(14)15(17)19-16(12)18;1-6(2)4-3-5/h6-10H,4-5,11-13H2,1-3H3;4-8H,2-3,9H2,1H3;3-5H2,1-2H3. The highest BCUT2D eigenvalue weighted by Crippen LogP contribution is 2.37. The molecule has 2 aliphatic heterocycles. The fraction of sp³-hybridized carbons (Fsp3) is 0.400. The van der Waals surface area contributed by atoms with E-state index in [1.165, 1.54) is 4.90 Å². The molecular weight excluding hydrogens is 681 g/mol. The van der Waals surface area contributed by atoms with E-state index in [2.05, 4.69) is 18.7 Å². The molecule has 0 saturated heterocycles. The van der Waals surface area contributed by atoms with Crippen LogP contribution in [0.2, 0.25) is 0 Å². The largest absolute Gasteiger partial charge is 0.386 e. The summed E-state index contributed by atoms with van der Waals surface area (Å²) in [4.78, 5) is 57.0. The zero-order valence-corrected chi connectivity index (χ0v) is 32.3. The number of likely N-dealkylation sites (N-methyl/N-ethyl adjacent to an activating group) is 2. The van der Waals surface area contributed by atoms with E-state index in [1.54, 1.807) is 35.7 Å². The number of esters is 2. The fourth-order valence-electron chi connectivity index (χ4n) is 5.70. The minimum absolute atomic E-state index is 0.180. The van der Waals surface area contributed by atoms with Crippen LogP contribution in [0.1, 0.15) is 81.0 Å². The highest BCUT2D eigenvalue weighted by molar-refractivity contribution is 7.99. The Morgan fingerprint density at radius 2 is 1.08 bits per heavy atom. The Hall–Kier alpha value is -3.74. The Morgan fingerprint density at radius 3 is 1.55 bits per heavy atom. The summed E-state index contributed by atoms with van der Waals surface area (Å²) >= 11 is 3.57. The Labute approximate surface area is 310 Å². The van der Waals surface area contributed by atoms with Crippen LogP contribution in [-0.4, -0.2) is 104 Å². The van der Waals surface area contributed by atoms with Crippen molar-refractivity contribution in [2.45, 2.75) is 49.3 Å². The Morgan fingerprint density at radius 1 is 0.627 bits per heavy atom. The molecule has 0 unspecified atom stereocenters. The number of imide groups is 1. The van der Waals surface area contributed by atoms with Gasteiger partial charge in [0.1, 0.15) is 0 Å². The number of carbonyl (C=O) groups is 4. The molecule has 51 heavy (non-hydrogen) atoms. The lowest BCUT2D eigenvalue weighted by Gasteiger charge is -2.28. The number of hydrogen-bond acceptors (Lipinski definition) is 10. The van der Waals surface area contributed by atoms with Crippen molar-refractivity contribution < 1.29 is 23.9 Å². The van der Waals surface area contributed by atoms with Crippen molar-refractivity contribution in [1.82, 2.24) is 14.7 Å². The van der Waals surface area contributed by atoms with Gasteiger partial charge in [-0.15, -0.1) is 23.5 Å². The molecule has 11 heteroatoms. The van der Waals surface area contributed by atoms with E-state index in [1.807, 2.05) is 81.6 Å². The van der Waals surface area contributed by atoms with E-state index >= 15 is 0 Å². The van der Waals surface area contributed by atoms with Crippen molar-refractivity contribution in [3.8, 4) is 0 Å². The molecule has 0 aromatic heterocycles. The van der Waals surface area contributed by atoms with E-state index in [0.29, 0.717) is 35.3 Å². The first-order chi connectivity index (χ1) is 24.5. The normalized spacial score (nSPS) is 13.4. The van der Waals surface area contributed by atoms with Crippen LogP contribution in [0.4, 0.5) is 0 Å². The van der Waals surface area contributed by atoms with Crippen molar-refractivity contribution >= 4 is 68.8 Å². The third-order valence-electron chi connectivity index (χ3n) is 8.44. The number of ether oxygens (including phenoxy) is 1. The first-order valence-electron chi connectivity index (χ1n) is 17.5. The maximum absolute atomic E-state index is 12.9. The Kier molecular flexibility index (Phi) is 15.1. The summed E-state index contributed by atoms with van der Waals surface area (Å²) in [5.74, 6) is 0.619. The maximum Gasteiger partial charge on any atom is 0.346 e. The molecule has 2 N–H and O–H groups in total. The van der Waals surface area contributed by atoms with Gasteiger partial charge in [-0.1, -0.05) is 51.0 Å². The van der Waals surface area contributed by atoms with Crippen LogP contribution in [0.25, 0.3) is 21.5 Å². The number of nitrogens with zero attached hydrogens (tertiary/aromatic N) is 3. The maximum atomic E-state index is 12.9. The summed E-state index contributed by atoms with van der Waals surface area (Å²) < 4.78 is 4.76. The second kappa shape index (κ2) is 19.2. The second-order valence-electron chi connectivity index (χ2n) is 12.9. The van der Waals surface area contributed by atoms with Gasteiger partial charge >= 0.3 is 11.9 Å². The van der Waals surface area contributed by atoms with Crippen LogP contribution < -0.4 is 5.73 Å². The number of unbranched alkanes of at least 4 members (excludes halogenated alkanes) is 2. The van der Waals surface area contributed by atoms with Crippen LogP contribution in [-0.2, 0) is 4.74 Å². The Bertz CT molecular complexity index is 1830. The molecule has 0 atom stereocenters. The molecule has 0 bridgehead atoms. The van der Waals surface area contributed by atoms with E-state index in [4.69, 9.17) is 10.5 Å². The monoisotopic (exact) mass is 730 g/mol. The van der Waals surface area contributed by atoms with Crippen molar-refractivity contribution in [3.05, 3.63) is 82.9 Å². The summed E-state index contributed by atoms with van der Waals surface area (Å²) in [5, 5.41) is 3.53. The molecule has 2 amide bonds. The first kappa shape index (κ1) is 40.0. The molecule has 272 valence electrons. The van der Waals surface area contributed by atoms with Crippen LogP contribution >= 0.6 is 23.5 Å². The fourth-order valence-corrected chi connectivity index (χ4v) is 7.99. The van der Waals surface area contributed by atoms with Gasteiger partial charge in [0.15, 0.2) is 0 Å². The SMILES string of the molecule is CCCCSc1ccc2c3c(cccc13)C(=O)N(CCN(C)C)C2=O.CCCCSc1ccc2c3c(cccc13)C(=O)OC2=O.CN(C)CCN. The van der Waals surface area contributed by atoms with E-state index in [-0.39, 0.29) is 11.8 Å². The zero-order chi connectivity index (χ0) is 37.1. The average molecular weight is 731 g/mol. The molecule has 0 radical (unpaired) electrons. The minimum Gasteiger partial charge on any atom is -0.386 e. The number of amides is 2. The molecule has 6 rings (SSSR count). The van der Waals surface area contributed by atoms with Gasteiger partial charge in [-0.05, 0) is 99.7 Å². The molecule has 9 nitrogen and oxygen atoms in total. The number of benzene rings is 4. The topological polar surface area (TPSA) is 113 Å². The number of thioether (sulfide) groups is 2. The van der Waals surface area contributed by atoms with Crippen molar-refractivity contribution in [3.63, 3.8) is 0 Å². The Balaban J connectivity index is 0.000000201. The first-order valence-corrected chi connectivity index (χ1v) is 19.5. The van der Waals surface area contributed by atoms with Crippen LogP contribution in [0.5, 0.6) is 0 Å². The van der Waals surface area contributed by atoms with Crippen LogP contribution in [0.3, 0.4) is 0 Å². The number of nitrogens with two attached hydrogens (primary N) is 1. The van der Waals surface area contributed by atoms with Gasteiger partial charge in [0.05, 0.1) is 11.1 Å². The van der Waals surface area contributed by atoms with Gasteiger partial charge in [0, 0.05) is 57.9 Å². The predicted octanol–water partition coefficient (Wildman–Crippen LogP) is 7.44.